The van der Waals surface area contributed by atoms with Gasteiger partial charge in [0.25, 0.3) is 0 Å². The molecule has 6 nitrogen and oxygen atoms in total. The van der Waals surface area contributed by atoms with Crippen molar-refractivity contribution in [1.82, 2.24) is 5.32 Å². The topological polar surface area (TPSA) is 95.9 Å². The molecule has 3 N–H and O–H groups in total. The number of carbonyl (C=O) groups excluding carboxylic acids is 2. The van der Waals surface area contributed by atoms with E-state index >= 15 is 0 Å². The van der Waals surface area contributed by atoms with Crippen LogP contribution < -0.4 is 5.32 Å². The highest BCUT2D eigenvalue weighted by molar-refractivity contribution is 5.76. The van der Waals surface area contributed by atoms with Crippen molar-refractivity contribution in [3.8, 4) is 0 Å². The number of carbonyl (C=O) groups is 2. The highest BCUT2D eigenvalue weighted by Crippen LogP contribution is 2.19. The van der Waals surface area contributed by atoms with Crippen LogP contribution in [0.25, 0.3) is 0 Å². The second-order valence-electron chi connectivity index (χ2n) is 24.6. The number of allylic oxidation sites excluding steroid dienone is 3. The van der Waals surface area contributed by atoms with Gasteiger partial charge in [-0.05, 0) is 57.8 Å². The van der Waals surface area contributed by atoms with E-state index in [9.17, 15) is 19.8 Å². The summed E-state index contributed by atoms with van der Waals surface area (Å²) in [5.74, 6) is -0.0633. The van der Waals surface area contributed by atoms with Crippen LogP contribution in [0.15, 0.2) is 24.3 Å². The van der Waals surface area contributed by atoms with Gasteiger partial charge in [-0.2, -0.15) is 0 Å². The van der Waals surface area contributed by atoms with Gasteiger partial charge in [-0.1, -0.05) is 353 Å². The first-order valence-electron chi connectivity index (χ1n) is 35.6. The van der Waals surface area contributed by atoms with Crippen molar-refractivity contribution in [3.63, 3.8) is 0 Å². The van der Waals surface area contributed by atoms with E-state index in [4.69, 9.17) is 4.74 Å². The Kier molecular flexibility index (Phi) is 66.4. The molecule has 0 aliphatic rings. The molecule has 0 aliphatic carbocycles. The van der Waals surface area contributed by atoms with Crippen molar-refractivity contribution < 1.29 is 24.5 Å². The minimum Gasteiger partial charge on any atom is -0.466 e. The molecule has 0 radical (unpaired) electrons. The summed E-state index contributed by atoms with van der Waals surface area (Å²) in [4.78, 5) is 24.7. The highest BCUT2D eigenvalue weighted by Gasteiger charge is 2.18. The number of hydrogen-bond donors (Lipinski definition) is 3. The lowest BCUT2D eigenvalue weighted by Crippen LogP contribution is -2.45. The first-order valence-corrected chi connectivity index (χ1v) is 35.6. The molecule has 1 amide bonds. The maximum absolute atomic E-state index is 12.5. The second kappa shape index (κ2) is 67.8. The summed E-state index contributed by atoms with van der Waals surface area (Å²) in [6, 6.07) is -0.634. The van der Waals surface area contributed by atoms with Crippen molar-refractivity contribution in [2.45, 2.75) is 411 Å². The van der Waals surface area contributed by atoms with E-state index in [1.54, 1.807) is 6.08 Å². The molecule has 0 aliphatic heterocycles. The maximum Gasteiger partial charge on any atom is 0.305 e. The van der Waals surface area contributed by atoms with Crippen molar-refractivity contribution in [3.05, 3.63) is 24.3 Å². The lowest BCUT2D eigenvalue weighted by Gasteiger charge is -2.20. The Morgan fingerprint density at radius 1 is 0.346 bits per heavy atom. The standard InChI is InChI=1S/C72H139NO5/c1-3-5-7-9-11-13-15-17-19-21-23-24-25-26-27-28-30-32-36-40-44-48-52-56-60-64-70(75)69(68-74)73-71(76)65-61-57-53-49-45-41-37-33-31-35-39-43-47-51-55-59-63-67-78-72(77)66-62-58-54-50-46-42-38-34-29-22-20-18-16-14-12-10-8-6-4-2/h18,20,60,64,69-70,74-75H,3-17,19,21-59,61-63,65-68H2,1-2H3,(H,73,76)/b20-18-,64-60+. The summed E-state index contributed by atoms with van der Waals surface area (Å²) < 4.78 is 5.50. The number of aliphatic hydroxyl groups is 2. The van der Waals surface area contributed by atoms with Crippen LogP contribution >= 0.6 is 0 Å². The number of unbranched alkanes of at least 4 members (excludes halogenated alkanes) is 54. The van der Waals surface area contributed by atoms with E-state index in [0.717, 1.165) is 44.9 Å². The largest absolute Gasteiger partial charge is 0.466 e. The fraction of sp³-hybridized carbons (Fsp3) is 0.917. The summed E-state index contributed by atoms with van der Waals surface area (Å²) in [6.45, 7) is 4.93. The van der Waals surface area contributed by atoms with Crippen LogP contribution in [0.5, 0.6) is 0 Å². The molecule has 0 spiro atoms. The predicted octanol–water partition coefficient (Wildman–Crippen LogP) is 22.9. The molecule has 0 aromatic heterocycles. The molecule has 2 atom stereocenters. The van der Waals surface area contributed by atoms with Gasteiger partial charge in [0.1, 0.15) is 0 Å². The minimum absolute atomic E-state index is 0.00526. The van der Waals surface area contributed by atoms with Gasteiger partial charge in [0.05, 0.1) is 25.4 Å². The molecule has 0 aromatic carbocycles. The number of amides is 1. The van der Waals surface area contributed by atoms with Gasteiger partial charge in [-0.25, -0.2) is 0 Å². The van der Waals surface area contributed by atoms with Crippen LogP contribution in [-0.2, 0) is 14.3 Å². The van der Waals surface area contributed by atoms with E-state index < -0.39 is 12.1 Å². The van der Waals surface area contributed by atoms with Crippen LogP contribution in [-0.4, -0.2) is 47.4 Å². The number of rotatable bonds is 67. The predicted molar refractivity (Wildman–Crippen MR) is 343 cm³/mol. The average molecular weight is 1100 g/mol. The van der Waals surface area contributed by atoms with Gasteiger partial charge in [0.2, 0.25) is 5.91 Å². The number of ether oxygens (including phenoxy) is 1. The summed E-state index contributed by atoms with van der Waals surface area (Å²) in [7, 11) is 0. The lowest BCUT2D eigenvalue weighted by atomic mass is 10.0. The molecule has 0 fully saturated rings. The molecule has 462 valence electrons. The van der Waals surface area contributed by atoms with Gasteiger partial charge in [0.15, 0.2) is 0 Å². The molecular formula is C72H139NO5. The third-order valence-corrected chi connectivity index (χ3v) is 16.7. The zero-order chi connectivity index (χ0) is 56.4. The van der Waals surface area contributed by atoms with E-state index in [1.165, 1.54) is 327 Å². The number of nitrogens with one attached hydrogen (secondary N) is 1. The third-order valence-electron chi connectivity index (χ3n) is 16.7. The molecule has 0 saturated carbocycles. The lowest BCUT2D eigenvalue weighted by molar-refractivity contribution is -0.143. The summed E-state index contributed by atoms with van der Waals surface area (Å²) in [5.41, 5.74) is 0. The van der Waals surface area contributed by atoms with E-state index in [2.05, 4.69) is 31.3 Å². The van der Waals surface area contributed by atoms with E-state index in [-0.39, 0.29) is 18.5 Å². The highest BCUT2D eigenvalue weighted by atomic mass is 16.5. The third kappa shape index (κ3) is 63.5. The van der Waals surface area contributed by atoms with Gasteiger partial charge in [-0.15, -0.1) is 0 Å². The molecule has 0 bridgehead atoms. The quantitative estimate of drug-likeness (QED) is 0.0320. The molecule has 0 saturated heterocycles. The SMILES string of the molecule is CCCCCCCC/C=C\CCCCCCCCCCCC(=O)OCCCCCCCCCCCCCCCCCCCC(=O)NC(CO)C(O)/C=C/CCCCCCCCCCCCCCCCCCCCCCCCC. The summed E-state index contributed by atoms with van der Waals surface area (Å²) in [6.07, 6.45) is 85.3. The maximum atomic E-state index is 12.5. The fourth-order valence-corrected chi connectivity index (χ4v) is 11.3. The first kappa shape index (κ1) is 76.3. The number of esters is 1. The first-order chi connectivity index (χ1) is 38.5. The molecule has 0 heterocycles. The molecule has 6 heteroatoms. The average Bonchev–Trinajstić information content (AvgIpc) is 3.44. The Hall–Kier alpha value is -1.66. The van der Waals surface area contributed by atoms with E-state index in [0.29, 0.717) is 19.4 Å². The van der Waals surface area contributed by atoms with Gasteiger partial charge < -0.3 is 20.3 Å². The van der Waals surface area contributed by atoms with Gasteiger partial charge >= 0.3 is 5.97 Å². The smallest absolute Gasteiger partial charge is 0.305 e. The van der Waals surface area contributed by atoms with Gasteiger partial charge in [-0.3, -0.25) is 9.59 Å². The Morgan fingerprint density at radius 3 is 0.910 bits per heavy atom. The van der Waals surface area contributed by atoms with Crippen molar-refractivity contribution in [1.29, 1.82) is 0 Å². The van der Waals surface area contributed by atoms with Crippen molar-refractivity contribution in [2.24, 2.45) is 0 Å². The van der Waals surface area contributed by atoms with Crippen molar-refractivity contribution in [2.75, 3.05) is 13.2 Å². The molecule has 0 rings (SSSR count). The molecule has 0 aromatic rings. The van der Waals surface area contributed by atoms with Crippen LogP contribution in [0.2, 0.25) is 0 Å². The van der Waals surface area contributed by atoms with E-state index in [1.807, 2.05) is 6.08 Å². The zero-order valence-corrected chi connectivity index (χ0v) is 52.9. The van der Waals surface area contributed by atoms with Crippen LogP contribution in [0.4, 0.5) is 0 Å². The summed E-state index contributed by atoms with van der Waals surface area (Å²) in [5, 5.41) is 23.3. The number of hydrogen-bond acceptors (Lipinski definition) is 5. The normalized spacial score (nSPS) is 12.6. The molecular weight excluding hydrogens is 959 g/mol. The number of aliphatic hydroxyl groups excluding tert-OH is 2. The Morgan fingerprint density at radius 2 is 0.603 bits per heavy atom. The second-order valence-corrected chi connectivity index (χ2v) is 24.6. The van der Waals surface area contributed by atoms with Crippen LogP contribution in [0.3, 0.4) is 0 Å². The Bertz CT molecular complexity index is 1220. The zero-order valence-electron chi connectivity index (χ0n) is 52.9. The Labute approximate surface area is 488 Å². The molecule has 2 unspecified atom stereocenters. The minimum atomic E-state index is -0.850. The van der Waals surface area contributed by atoms with Gasteiger partial charge in [0, 0.05) is 12.8 Å². The fourth-order valence-electron chi connectivity index (χ4n) is 11.3. The molecule has 78 heavy (non-hydrogen) atoms. The van der Waals surface area contributed by atoms with Crippen LogP contribution in [0, 0.1) is 0 Å². The monoisotopic (exact) mass is 1100 g/mol. The van der Waals surface area contributed by atoms with Crippen molar-refractivity contribution >= 4 is 11.9 Å². The summed E-state index contributed by atoms with van der Waals surface area (Å²) >= 11 is 0. The Balaban J connectivity index is 3.42. The van der Waals surface area contributed by atoms with Crippen LogP contribution in [0.1, 0.15) is 399 Å².